The Hall–Kier alpha value is -0.710. The van der Waals surface area contributed by atoms with Gasteiger partial charge in [0.15, 0.2) is 5.79 Å². The fourth-order valence-corrected chi connectivity index (χ4v) is 8.21. The van der Waals surface area contributed by atoms with Crippen molar-refractivity contribution < 1.29 is 19.4 Å². The molecule has 1 N–H and O–H groups in total. The molecule has 162 valence electrons. The number of methoxy groups -OCH3 is 1. The minimum absolute atomic E-state index is 0.0597. The first-order chi connectivity index (χ1) is 14.0. The van der Waals surface area contributed by atoms with Gasteiger partial charge in [-0.05, 0) is 87.4 Å². The fraction of sp³-hybridized carbons (Fsp3) is 0.880. The quantitative estimate of drug-likeness (QED) is 0.417. The Morgan fingerprint density at radius 3 is 2.59 bits per heavy atom. The lowest BCUT2D eigenvalue weighted by molar-refractivity contribution is -0.246. The second kappa shape index (κ2) is 7.17. The summed E-state index contributed by atoms with van der Waals surface area (Å²) < 4.78 is 12.4. The summed E-state index contributed by atoms with van der Waals surface area (Å²) in [5, 5.41) is 10.6. The summed E-state index contributed by atoms with van der Waals surface area (Å²) in [6.45, 7) is 2.30. The second-order valence-electron chi connectivity index (χ2n) is 10.9. The first-order valence-electron chi connectivity index (χ1n) is 12.0. The molecule has 5 aliphatic rings. The number of aliphatic hydroxyl groups excluding tert-OH is 1. The van der Waals surface area contributed by atoms with Crippen molar-refractivity contribution in [1.29, 1.82) is 0 Å². The molecule has 4 fully saturated rings. The lowest BCUT2D eigenvalue weighted by Gasteiger charge is -2.57. The summed E-state index contributed by atoms with van der Waals surface area (Å²) in [5.74, 6) is 1.18. The molecular formula is C25H38O4. The molecule has 0 bridgehead atoms. The number of aldehydes is 1. The van der Waals surface area contributed by atoms with Gasteiger partial charge in [0.05, 0.1) is 17.6 Å². The number of aliphatic hydroxyl groups is 1. The van der Waals surface area contributed by atoms with Crippen molar-refractivity contribution in [1.82, 2.24) is 0 Å². The lowest BCUT2D eigenvalue weighted by atomic mass is 9.48. The Morgan fingerprint density at radius 1 is 1.07 bits per heavy atom. The van der Waals surface area contributed by atoms with Crippen LogP contribution < -0.4 is 0 Å². The molecule has 4 saturated carbocycles. The molecule has 29 heavy (non-hydrogen) atoms. The van der Waals surface area contributed by atoms with Crippen LogP contribution in [0.2, 0.25) is 0 Å². The predicted octanol–water partition coefficient (Wildman–Crippen LogP) is 4.79. The van der Waals surface area contributed by atoms with Gasteiger partial charge < -0.3 is 19.4 Å². The van der Waals surface area contributed by atoms with Crippen LogP contribution in [0.25, 0.3) is 0 Å². The molecule has 0 amide bonds. The molecule has 0 saturated heterocycles. The van der Waals surface area contributed by atoms with E-state index in [2.05, 4.69) is 13.0 Å². The zero-order valence-corrected chi connectivity index (χ0v) is 18.2. The summed E-state index contributed by atoms with van der Waals surface area (Å²) >= 11 is 0. The Kier molecular flexibility index (Phi) is 5.00. The third kappa shape index (κ3) is 2.92. The van der Waals surface area contributed by atoms with Gasteiger partial charge in [-0.3, -0.25) is 0 Å². The minimum atomic E-state index is -0.393. The lowest BCUT2D eigenvalue weighted by Crippen LogP contribution is -2.53. The van der Waals surface area contributed by atoms with E-state index in [0.29, 0.717) is 17.8 Å². The zero-order chi connectivity index (χ0) is 20.3. The van der Waals surface area contributed by atoms with Crippen molar-refractivity contribution in [3.63, 3.8) is 0 Å². The molecule has 0 heterocycles. The van der Waals surface area contributed by atoms with Crippen LogP contribution in [0.4, 0.5) is 0 Å². The molecule has 5 aliphatic carbocycles. The van der Waals surface area contributed by atoms with Crippen molar-refractivity contribution in [3.05, 3.63) is 11.6 Å². The number of hydrogen-bond donors (Lipinski definition) is 1. The third-order valence-electron chi connectivity index (χ3n) is 9.94. The van der Waals surface area contributed by atoms with E-state index >= 15 is 0 Å². The van der Waals surface area contributed by atoms with Gasteiger partial charge in [0.2, 0.25) is 0 Å². The Balaban J connectivity index is 1.38. The maximum absolute atomic E-state index is 12.6. The van der Waals surface area contributed by atoms with Crippen molar-refractivity contribution in [2.75, 3.05) is 7.11 Å². The molecule has 0 spiro atoms. The Bertz CT molecular complexity index is 680. The van der Waals surface area contributed by atoms with Crippen LogP contribution in [0.15, 0.2) is 11.6 Å². The van der Waals surface area contributed by atoms with Crippen LogP contribution in [-0.4, -0.2) is 36.5 Å². The van der Waals surface area contributed by atoms with Crippen LogP contribution in [0.3, 0.4) is 0 Å². The molecule has 0 aromatic carbocycles. The number of carbonyl (C=O) groups excluding carboxylic acids is 1. The smallest absolute Gasteiger partial charge is 0.168 e. The van der Waals surface area contributed by atoms with Crippen LogP contribution in [-0.2, 0) is 14.3 Å². The van der Waals surface area contributed by atoms with Gasteiger partial charge in [-0.1, -0.05) is 18.6 Å². The molecule has 7 atom stereocenters. The van der Waals surface area contributed by atoms with E-state index in [0.717, 1.165) is 64.2 Å². The van der Waals surface area contributed by atoms with Gasteiger partial charge in [-0.2, -0.15) is 0 Å². The number of rotatable bonds is 4. The normalized spacial score (nSPS) is 48.4. The monoisotopic (exact) mass is 402 g/mol. The van der Waals surface area contributed by atoms with E-state index < -0.39 is 5.79 Å². The molecule has 2 unspecified atom stereocenters. The van der Waals surface area contributed by atoms with Crippen LogP contribution >= 0.6 is 0 Å². The standard InChI is InChI=1S/C25H38O4/c1-23-13-10-21-19(20(23)7-8-22(23)27)6-5-17-15-18(9-14-24(17,21)16-26)29-25(28-2)11-3-4-12-25/h5,16,18-22,27H,3-4,6-15H2,1-2H3/t18?,19-,20-,21+,22?,23-,24+/m0/s1. The van der Waals surface area contributed by atoms with Gasteiger partial charge in [-0.15, -0.1) is 0 Å². The Labute approximate surface area is 175 Å². The van der Waals surface area contributed by atoms with E-state index in [-0.39, 0.29) is 23.0 Å². The third-order valence-corrected chi connectivity index (χ3v) is 9.94. The SMILES string of the molecule is COC1(OC2CC[C@@]3(C=O)C(=CC[C@@H]4[C@H]3CC[C@]3(C)C(O)CC[C@@H]43)C2)CCCC1. The maximum Gasteiger partial charge on any atom is 0.168 e. The van der Waals surface area contributed by atoms with E-state index in [1.165, 1.54) is 24.7 Å². The van der Waals surface area contributed by atoms with Gasteiger partial charge in [0.1, 0.15) is 6.29 Å². The summed E-state index contributed by atoms with van der Waals surface area (Å²) in [6.07, 6.45) is 16.1. The summed E-state index contributed by atoms with van der Waals surface area (Å²) in [6, 6.07) is 0. The van der Waals surface area contributed by atoms with Gasteiger partial charge >= 0.3 is 0 Å². The van der Waals surface area contributed by atoms with E-state index in [1.807, 2.05) is 0 Å². The van der Waals surface area contributed by atoms with Crippen molar-refractivity contribution >= 4 is 6.29 Å². The number of carbonyl (C=O) groups is 1. The minimum Gasteiger partial charge on any atom is -0.393 e. The highest BCUT2D eigenvalue weighted by atomic mass is 16.7. The molecule has 4 heteroatoms. The van der Waals surface area contributed by atoms with Crippen molar-refractivity contribution in [3.8, 4) is 0 Å². The first kappa shape index (κ1) is 20.2. The van der Waals surface area contributed by atoms with E-state index in [1.54, 1.807) is 7.11 Å². The molecule has 4 nitrogen and oxygen atoms in total. The van der Waals surface area contributed by atoms with Gasteiger partial charge in [-0.25, -0.2) is 0 Å². The van der Waals surface area contributed by atoms with Crippen LogP contribution in [0.1, 0.15) is 84.0 Å². The summed E-state index contributed by atoms with van der Waals surface area (Å²) in [7, 11) is 1.78. The second-order valence-corrected chi connectivity index (χ2v) is 10.9. The van der Waals surface area contributed by atoms with Crippen molar-refractivity contribution in [2.45, 2.75) is 102 Å². The topological polar surface area (TPSA) is 55.8 Å². The number of hydrogen-bond acceptors (Lipinski definition) is 4. The largest absolute Gasteiger partial charge is 0.393 e. The van der Waals surface area contributed by atoms with Crippen LogP contribution in [0, 0.1) is 28.6 Å². The highest BCUT2D eigenvalue weighted by Gasteiger charge is 2.60. The Morgan fingerprint density at radius 2 is 1.86 bits per heavy atom. The summed E-state index contributed by atoms with van der Waals surface area (Å²) in [5.41, 5.74) is 1.12. The molecule has 5 rings (SSSR count). The molecule has 0 radical (unpaired) electrons. The summed E-state index contributed by atoms with van der Waals surface area (Å²) in [4.78, 5) is 12.6. The molecule has 0 aromatic rings. The van der Waals surface area contributed by atoms with Gasteiger partial charge in [0, 0.05) is 20.0 Å². The van der Waals surface area contributed by atoms with Crippen LogP contribution in [0.5, 0.6) is 0 Å². The molecule has 0 aliphatic heterocycles. The molecular weight excluding hydrogens is 364 g/mol. The van der Waals surface area contributed by atoms with Gasteiger partial charge in [0.25, 0.3) is 0 Å². The number of ether oxygens (including phenoxy) is 2. The average Bonchev–Trinajstić information content (AvgIpc) is 3.32. The average molecular weight is 403 g/mol. The predicted molar refractivity (Wildman–Crippen MR) is 111 cm³/mol. The maximum atomic E-state index is 12.6. The number of fused-ring (bicyclic) bond motifs is 5. The molecule has 0 aromatic heterocycles. The highest BCUT2D eigenvalue weighted by Crippen LogP contribution is 2.64. The zero-order valence-electron chi connectivity index (χ0n) is 18.2. The fourth-order valence-electron chi connectivity index (χ4n) is 8.21. The first-order valence-corrected chi connectivity index (χ1v) is 12.0. The highest BCUT2D eigenvalue weighted by molar-refractivity contribution is 5.67. The number of allylic oxidation sites excluding steroid dienone is 1. The van der Waals surface area contributed by atoms with Crippen molar-refractivity contribution in [2.24, 2.45) is 28.6 Å². The van der Waals surface area contributed by atoms with E-state index in [4.69, 9.17) is 9.47 Å². The van der Waals surface area contributed by atoms with E-state index in [9.17, 15) is 9.90 Å².